The van der Waals surface area contributed by atoms with Gasteiger partial charge in [0, 0.05) is 32.2 Å². The lowest BCUT2D eigenvalue weighted by Crippen LogP contribution is -2.54. The molecule has 2 atom stereocenters. The first-order valence-electron chi connectivity index (χ1n) is 8.53. The molecule has 0 bridgehead atoms. The molecule has 2 unspecified atom stereocenters. The maximum Gasteiger partial charge on any atom is 0.326 e. The van der Waals surface area contributed by atoms with Crippen LogP contribution in [-0.2, 0) is 9.53 Å². The monoisotopic (exact) mass is 297 g/mol. The second-order valence-corrected chi connectivity index (χ2v) is 6.20. The highest BCUT2D eigenvalue weighted by molar-refractivity contribution is 5.81. The molecule has 0 spiro atoms. The molecule has 2 rings (SSSR count). The van der Waals surface area contributed by atoms with E-state index in [0.717, 1.165) is 58.5 Å². The predicted molar refractivity (Wildman–Crippen MR) is 84.4 cm³/mol. The highest BCUT2D eigenvalue weighted by atomic mass is 16.5. The average molecular weight is 297 g/mol. The average Bonchev–Trinajstić information content (AvgIpc) is 2.94. The highest BCUT2D eigenvalue weighted by Crippen LogP contribution is 2.34. The smallest absolute Gasteiger partial charge is 0.326 e. The van der Waals surface area contributed by atoms with Crippen LogP contribution in [0, 0.1) is 0 Å². The van der Waals surface area contributed by atoms with E-state index < -0.39 is 5.54 Å². The molecule has 0 aromatic heterocycles. The molecule has 1 N–H and O–H groups in total. The zero-order valence-electron chi connectivity index (χ0n) is 13.9. The van der Waals surface area contributed by atoms with E-state index in [1.165, 1.54) is 0 Å². The number of piperazine rings is 1. The molecule has 0 amide bonds. The number of carbonyl (C=O) groups excluding carboxylic acids is 1. The van der Waals surface area contributed by atoms with Crippen molar-refractivity contribution in [3.63, 3.8) is 0 Å². The predicted octanol–water partition coefficient (Wildman–Crippen LogP) is 1.09. The van der Waals surface area contributed by atoms with Gasteiger partial charge in [-0.1, -0.05) is 13.8 Å². The fourth-order valence-corrected chi connectivity index (χ4v) is 3.80. The number of rotatable bonds is 6. The van der Waals surface area contributed by atoms with Crippen LogP contribution < -0.4 is 5.32 Å². The number of carbonyl (C=O) groups is 1. The lowest BCUT2D eigenvalue weighted by atomic mass is 9.97. The number of esters is 1. The zero-order chi connectivity index (χ0) is 15.3. The van der Waals surface area contributed by atoms with Gasteiger partial charge in [0.15, 0.2) is 0 Å². The van der Waals surface area contributed by atoms with Crippen molar-refractivity contribution in [2.75, 3.05) is 45.9 Å². The fourth-order valence-electron chi connectivity index (χ4n) is 3.80. The third-order valence-corrected chi connectivity index (χ3v) is 5.04. The molecular formula is C16H31N3O2. The van der Waals surface area contributed by atoms with Crippen LogP contribution in [0.25, 0.3) is 0 Å². The molecule has 0 radical (unpaired) electrons. The maximum absolute atomic E-state index is 12.4. The summed E-state index contributed by atoms with van der Waals surface area (Å²) in [5.74, 6) is -0.0541. The molecule has 1 aliphatic heterocycles. The summed E-state index contributed by atoms with van der Waals surface area (Å²) in [6, 6.07) is 0.521. The van der Waals surface area contributed by atoms with Crippen molar-refractivity contribution in [3.05, 3.63) is 0 Å². The van der Waals surface area contributed by atoms with E-state index in [4.69, 9.17) is 4.74 Å². The highest BCUT2D eigenvalue weighted by Gasteiger charge is 2.47. The SMILES string of the molecule is CCNC1(C(=O)OCC)CCC(N2CCN(CC)CC2)C1. The summed E-state index contributed by atoms with van der Waals surface area (Å²) in [6.07, 6.45) is 2.89. The van der Waals surface area contributed by atoms with Crippen LogP contribution in [0.2, 0.25) is 0 Å². The molecule has 2 fully saturated rings. The minimum atomic E-state index is -0.447. The van der Waals surface area contributed by atoms with Gasteiger partial charge >= 0.3 is 5.97 Å². The van der Waals surface area contributed by atoms with Gasteiger partial charge in [-0.05, 0) is 39.3 Å². The molecule has 1 heterocycles. The van der Waals surface area contributed by atoms with Gasteiger partial charge in [0.1, 0.15) is 5.54 Å². The lowest BCUT2D eigenvalue weighted by molar-refractivity contribution is -0.151. The van der Waals surface area contributed by atoms with Crippen LogP contribution in [0.4, 0.5) is 0 Å². The number of hydrogen-bond donors (Lipinski definition) is 1. The first-order valence-corrected chi connectivity index (χ1v) is 8.53. The summed E-state index contributed by atoms with van der Waals surface area (Å²) >= 11 is 0. The standard InChI is InChI=1S/C16H31N3O2/c1-4-17-16(15(20)21-6-3)8-7-14(13-16)19-11-9-18(5-2)10-12-19/h14,17H,4-13H2,1-3H3. The molecule has 0 aromatic carbocycles. The van der Waals surface area contributed by atoms with Crippen molar-refractivity contribution < 1.29 is 9.53 Å². The van der Waals surface area contributed by atoms with Crippen molar-refractivity contribution >= 4 is 5.97 Å². The van der Waals surface area contributed by atoms with Gasteiger partial charge < -0.3 is 15.0 Å². The Balaban J connectivity index is 1.95. The van der Waals surface area contributed by atoms with Crippen molar-refractivity contribution in [1.82, 2.24) is 15.1 Å². The van der Waals surface area contributed by atoms with Gasteiger partial charge in [-0.15, -0.1) is 0 Å². The van der Waals surface area contributed by atoms with Crippen LogP contribution in [0.3, 0.4) is 0 Å². The van der Waals surface area contributed by atoms with Crippen molar-refractivity contribution in [2.24, 2.45) is 0 Å². The minimum absolute atomic E-state index is 0.0541. The topological polar surface area (TPSA) is 44.8 Å². The number of nitrogens with zero attached hydrogens (tertiary/aromatic N) is 2. The Morgan fingerprint density at radius 1 is 1.24 bits per heavy atom. The quantitative estimate of drug-likeness (QED) is 0.744. The maximum atomic E-state index is 12.4. The third kappa shape index (κ3) is 3.76. The summed E-state index contributed by atoms with van der Waals surface area (Å²) < 4.78 is 5.32. The molecule has 5 nitrogen and oxygen atoms in total. The Labute approximate surface area is 129 Å². The van der Waals surface area contributed by atoms with E-state index in [-0.39, 0.29) is 5.97 Å². The number of ether oxygens (including phenoxy) is 1. The Bertz CT molecular complexity index is 342. The fraction of sp³-hybridized carbons (Fsp3) is 0.938. The second-order valence-electron chi connectivity index (χ2n) is 6.20. The number of likely N-dealkylation sites (N-methyl/N-ethyl adjacent to an activating group) is 2. The van der Waals surface area contributed by atoms with Gasteiger partial charge in [0.2, 0.25) is 0 Å². The Kier molecular flexibility index (Phi) is 6.02. The summed E-state index contributed by atoms with van der Waals surface area (Å²) in [5, 5.41) is 3.42. The number of hydrogen-bond acceptors (Lipinski definition) is 5. The van der Waals surface area contributed by atoms with Gasteiger partial charge in [-0.25, -0.2) is 0 Å². The van der Waals surface area contributed by atoms with E-state index in [0.29, 0.717) is 12.6 Å². The molecule has 122 valence electrons. The zero-order valence-corrected chi connectivity index (χ0v) is 13.9. The first-order chi connectivity index (χ1) is 10.1. The lowest BCUT2D eigenvalue weighted by Gasteiger charge is -2.38. The molecule has 21 heavy (non-hydrogen) atoms. The molecular weight excluding hydrogens is 266 g/mol. The summed E-state index contributed by atoms with van der Waals surface area (Å²) in [6.45, 7) is 13.2. The van der Waals surface area contributed by atoms with Crippen LogP contribution in [-0.4, -0.2) is 73.2 Å². The van der Waals surface area contributed by atoms with Crippen LogP contribution in [0.1, 0.15) is 40.0 Å². The summed E-state index contributed by atoms with van der Waals surface area (Å²) in [7, 11) is 0. The van der Waals surface area contributed by atoms with Crippen molar-refractivity contribution in [2.45, 2.75) is 51.6 Å². The van der Waals surface area contributed by atoms with E-state index in [9.17, 15) is 4.79 Å². The summed E-state index contributed by atoms with van der Waals surface area (Å²) in [4.78, 5) is 17.4. The Morgan fingerprint density at radius 2 is 1.95 bits per heavy atom. The van der Waals surface area contributed by atoms with Gasteiger partial charge in [0.05, 0.1) is 6.61 Å². The largest absolute Gasteiger partial charge is 0.465 e. The normalized spacial score (nSPS) is 31.5. The third-order valence-electron chi connectivity index (χ3n) is 5.04. The molecule has 1 saturated heterocycles. The number of nitrogens with one attached hydrogen (secondary N) is 1. The molecule has 5 heteroatoms. The van der Waals surface area contributed by atoms with Crippen molar-refractivity contribution in [3.8, 4) is 0 Å². The van der Waals surface area contributed by atoms with Gasteiger partial charge in [-0.3, -0.25) is 9.69 Å². The Morgan fingerprint density at radius 3 is 2.52 bits per heavy atom. The molecule has 1 saturated carbocycles. The minimum Gasteiger partial charge on any atom is -0.465 e. The van der Waals surface area contributed by atoms with E-state index in [2.05, 4.69) is 29.0 Å². The molecule has 0 aromatic rings. The van der Waals surface area contributed by atoms with Gasteiger partial charge in [0.25, 0.3) is 0 Å². The van der Waals surface area contributed by atoms with Crippen LogP contribution in [0.15, 0.2) is 0 Å². The second kappa shape index (κ2) is 7.56. The van der Waals surface area contributed by atoms with Crippen LogP contribution in [0.5, 0.6) is 0 Å². The Hall–Kier alpha value is -0.650. The summed E-state index contributed by atoms with van der Waals surface area (Å²) in [5.41, 5.74) is -0.447. The van der Waals surface area contributed by atoms with Crippen LogP contribution >= 0.6 is 0 Å². The first kappa shape index (κ1) is 16.7. The van der Waals surface area contributed by atoms with E-state index >= 15 is 0 Å². The molecule has 2 aliphatic rings. The van der Waals surface area contributed by atoms with Gasteiger partial charge in [-0.2, -0.15) is 0 Å². The van der Waals surface area contributed by atoms with E-state index in [1.54, 1.807) is 0 Å². The van der Waals surface area contributed by atoms with Crippen molar-refractivity contribution in [1.29, 1.82) is 0 Å². The van der Waals surface area contributed by atoms with E-state index in [1.807, 2.05) is 6.92 Å². The molecule has 1 aliphatic carbocycles.